The minimum absolute atomic E-state index is 0.112. The van der Waals surface area contributed by atoms with Crippen molar-refractivity contribution in [2.24, 2.45) is 0 Å². The molecule has 3 rings (SSSR count). The number of H-pyrrole nitrogens is 1. The Morgan fingerprint density at radius 2 is 1.81 bits per heavy atom. The van der Waals surface area contributed by atoms with Crippen molar-refractivity contribution in [3.8, 4) is 11.5 Å². The number of methoxy groups -OCH3 is 1. The van der Waals surface area contributed by atoms with Crippen molar-refractivity contribution in [2.75, 3.05) is 13.7 Å². The number of benzene rings is 2. The lowest BCUT2D eigenvalue weighted by molar-refractivity contribution is -0.308. The summed E-state index contributed by atoms with van der Waals surface area (Å²) < 4.78 is 10.4. The third-order valence-electron chi connectivity index (χ3n) is 4.15. The molecular weight excluding hydrogens is 348 g/mol. The first-order valence-electron chi connectivity index (χ1n) is 8.39. The number of aliphatic carboxylic acids is 1. The van der Waals surface area contributed by atoms with Gasteiger partial charge in [0.15, 0.2) is 6.61 Å². The smallest absolute Gasteiger partial charge is 0.258 e. The van der Waals surface area contributed by atoms with Gasteiger partial charge in [0.05, 0.1) is 19.1 Å². The predicted octanol–water partition coefficient (Wildman–Crippen LogP) is 1.03. The summed E-state index contributed by atoms with van der Waals surface area (Å²) in [5, 5.41) is 14.8. The second-order valence-electron chi connectivity index (χ2n) is 5.97. The molecule has 0 fully saturated rings. The fourth-order valence-corrected chi connectivity index (χ4v) is 2.77. The number of para-hydroxylation sites is 1. The zero-order valence-electron chi connectivity index (χ0n) is 14.7. The third kappa shape index (κ3) is 4.58. The minimum atomic E-state index is -1.35. The molecule has 1 atom stereocenters. The molecule has 0 radical (unpaired) electrons. The third-order valence-corrected chi connectivity index (χ3v) is 4.15. The summed E-state index contributed by atoms with van der Waals surface area (Å²) in [5.74, 6) is -0.743. The van der Waals surface area contributed by atoms with Crippen LogP contribution in [0.3, 0.4) is 0 Å². The standard InChI is InChI=1S/C20H20N2O5/c1-26-14-6-8-15(9-7-14)27-12-19(23)22-18(20(24)25)10-13-11-21-17-5-3-2-4-16(13)17/h2-9,11,18,21H,10,12H2,1H3,(H,22,23)(H,24,25)/p-1. The molecule has 140 valence electrons. The van der Waals surface area contributed by atoms with E-state index in [0.717, 1.165) is 16.5 Å². The van der Waals surface area contributed by atoms with E-state index in [4.69, 9.17) is 9.47 Å². The summed E-state index contributed by atoms with van der Waals surface area (Å²) in [4.78, 5) is 26.6. The zero-order valence-corrected chi connectivity index (χ0v) is 14.7. The highest BCUT2D eigenvalue weighted by Crippen LogP contribution is 2.19. The maximum Gasteiger partial charge on any atom is 0.258 e. The predicted molar refractivity (Wildman–Crippen MR) is 97.4 cm³/mol. The van der Waals surface area contributed by atoms with Gasteiger partial charge in [0.2, 0.25) is 0 Å². The number of aromatic nitrogens is 1. The largest absolute Gasteiger partial charge is 0.548 e. The molecule has 1 unspecified atom stereocenters. The fourth-order valence-electron chi connectivity index (χ4n) is 2.77. The average molecular weight is 367 g/mol. The van der Waals surface area contributed by atoms with Crippen LogP contribution in [0.4, 0.5) is 0 Å². The number of carboxylic acids is 1. The van der Waals surface area contributed by atoms with Crippen LogP contribution >= 0.6 is 0 Å². The number of aromatic amines is 1. The van der Waals surface area contributed by atoms with E-state index in [9.17, 15) is 14.7 Å². The van der Waals surface area contributed by atoms with Crippen LogP contribution in [-0.2, 0) is 16.0 Å². The number of hydrogen-bond donors (Lipinski definition) is 2. The quantitative estimate of drug-likeness (QED) is 0.619. The van der Waals surface area contributed by atoms with Crippen molar-refractivity contribution < 1.29 is 24.2 Å². The fraction of sp³-hybridized carbons (Fsp3) is 0.200. The minimum Gasteiger partial charge on any atom is -0.548 e. The number of amides is 1. The lowest BCUT2D eigenvalue weighted by Crippen LogP contribution is -2.50. The second-order valence-corrected chi connectivity index (χ2v) is 5.97. The average Bonchev–Trinajstić information content (AvgIpc) is 3.09. The van der Waals surface area contributed by atoms with Crippen molar-refractivity contribution in [3.05, 3.63) is 60.3 Å². The Morgan fingerprint density at radius 3 is 2.52 bits per heavy atom. The van der Waals surface area contributed by atoms with Crippen molar-refractivity contribution in [3.63, 3.8) is 0 Å². The Bertz CT molecular complexity index is 933. The molecule has 2 N–H and O–H groups in total. The molecule has 7 nitrogen and oxygen atoms in total. The number of carbonyl (C=O) groups excluding carboxylic acids is 2. The zero-order chi connectivity index (χ0) is 19.2. The number of rotatable bonds is 8. The van der Waals surface area contributed by atoms with Gasteiger partial charge in [0.25, 0.3) is 5.91 Å². The summed E-state index contributed by atoms with van der Waals surface area (Å²) in [5.41, 5.74) is 1.69. The van der Waals surface area contributed by atoms with Crippen LogP contribution in [0.5, 0.6) is 11.5 Å². The van der Waals surface area contributed by atoms with E-state index >= 15 is 0 Å². The summed E-state index contributed by atoms with van der Waals surface area (Å²) in [6.07, 6.45) is 1.85. The number of carbonyl (C=O) groups is 2. The van der Waals surface area contributed by atoms with Crippen LogP contribution < -0.4 is 19.9 Å². The number of carboxylic acid groups (broad SMARTS) is 1. The maximum atomic E-state index is 12.1. The highest BCUT2D eigenvalue weighted by molar-refractivity contribution is 5.86. The summed E-state index contributed by atoms with van der Waals surface area (Å²) in [6, 6.07) is 13.1. The van der Waals surface area contributed by atoms with Gasteiger partial charge in [-0.1, -0.05) is 18.2 Å². The van der Waals surface area contributed by atoms with Gasteiger partial charge in [-0.25, -0.2) is 0 Å². The monoisotopic (exact) mass is 367 g/mol. The Kier molecular flexibility index (Phi) is 5.61. The van der Waals surface area contributed by atoms with Gasteiger partial charge in [0.1, 0.15) is 11.5 Å². The SMILES string of the molecule is COc1ccc(OCC(=O)NC(Cc2c[nH]c3ccccc23)C(=O)[O-])cc1. The number of fused-ring (bicyclic) bond motifs is 1. The van der Waals surface area contributed by atoms with Gasteiger partial charge < -0.3 is 29.7 Å². The molecule has 0 aliphatic rings. The normalized spacial score (nSPS) is 11.7. The van der Waals surface area contributed by atoms with Gasteiger partial charge >= 0.3 is 0 Å². The molecule has 0 aliphatic carbocycles. The van der Waals surface area contributed by atoms with E-state index < -0.39 is 17.9 Å². The van der Waals surface area contributed by atoms with E-state index in [2.05, 4.69) is 10.3 Å². The molecule has 27 heavy (non-hydrogen) atoms. The van der Waals surface area contributed by atoms with Crippen LogP contribution in [-0.4, -0.2) is 36.6 Å². The van der Waals surface area contributed by atoms with Crippen molar-refractivity contribution in [1.82, 2.24) is 10.3 Å². The maximum absolute atomic E-state index is 12.1. The van der Waals surface area contributed by atoms with Crippen LogP contribution in [0, 0.1) is 0 Å². The molecule has 1 amide bonds. The first-order valence-corrected chi connectivity index (χ1v) is 8.39. The summed E-state index contributed by atoms with van der Waals surface area (Å²) in [7, 11) is 1.55. The highest BCUT2D eigenvalue weighted by atomic mass is 16.5. The van der Waals surface area contributed by atoms with Crippen molar-refractivity contribution in [2.45, 2.75) is 12.5 Å². The van der Waals surface area contributed by atoms with Crippen molar-refractivity contribution >= 4 is 22.8 Å². The molecule has 0 bridgehead atoms. The Balaban J connectivity index is 1.60. The molecule has 7 heteroatoms. The number of hydrogen-bond acceptors (Lipinski definition) is 5. The molecule has 0 saturated carbocycles. The van der Waals surface area contributed by atoms with E-state index in [1.807, 2.05) is 24.3 Å². The van der Waals surface area contributed by atoms with E-state index in [0.29, 0.717) is 11.5 Å². The molecule has 0 aliphatic heterocycles. The second kappa shape index (κ2) is 8.27. The van der Waals surface area contributed by atoms with E-state index in [-0.39, 0.29) is 13.0 Å². The van der Waals surface area contributed by atoms with Gasteiger partial charge in [-0.15, -0.1) is 0 Å². The first-order chi connectivity index (χ1) is 13.1. The Hall–Kier alpha value is -3.48. The van der Waals surface area contributed by atoms with Gasteiger partial charge in [-0.2, -0.15) is 0 Å². The molecule has 0 saturated heterocycles. The molecule has 1 aromatic heterocycles. The summed E-state index contributed by atoms with van der Waals surface area (Å²) >= 11 is 0. The van der Waals surface area contributed by atoms with Gasteiger partial charge in [-0.05, 0) is 35.9 Å². The van der Waals surface area contributed by atoms with E-state index in [1.54, 1.807) is 37.6 Å². The molecule has 0 spiro atoms. The topological polar surface area (TPSA) is 103 Å². The Labute approximate surface area is 155 Å². The number of ether oxygens (including phenoxy) is 2. The highest BCUT2D eigenvalue weighted by Gasteiger charge is 2.16. The van der Waals surface area contributed by atoms with E-state index in [1.165, 1.54) is 0 Å². The molecular formula is C20H19N2O5-. The molecule has 2 aromatic carbocycles. The lowest BCUT2D eigenvalue weighted by Gasteiger charge is -2.19. The van der Waals surface area contributed by atoms with Gasteiger partial charge in [0, 0.05) is 23.5 Å². The Morgan fingerprint density at radius 1 is 1.11 bits per heavy atom. The van der Waals surface area contributed by atoms with Crippen LogP contribution in [0.25, 0.3) is 10.9 Å². The molecule has 3 aromatic rings. The van der Waals surface area contributed by atoms with Gasteiger partial charge in [-0.3, -0.25) is 4.79 Å². The summed E-state index contributed by atoms with van der Waals surface area (Å²) in [6.45, 7) is -0.302. The lowest BCUT2D eigenvalue weighted by atomic mass is 10.1. The first kappa shape index (κ1) is 18.3. The van der Waals surface area contributed by atoms with Crippen LogP contribution in [0.1, 0.15) is 5.56 Å². The van der Waals surface area contributed by atoms with Crippen LogP contribution in [0.15, 0.2) is 54.7 Å². The van der Waals surface area contributed by atoms with Crippen LogP contribution in [0.2, 0.25) is 0 Å². The number of nitrogens with one attached hydrogen (secondary N) is 2. The molecule has 1 heterocycles. The van der Waals surface area contributed by atoms with Crippen molar-refractivity contribution in [1.29, 1.82) is 0 Å².